The Hall–Kier alpha value is -6.85. The first kappa shape index (κ1) is 28.9. The van der Waals surface area contributed by atoms with E-state index in [1.807, 2.05) is 24.3 Å². The van der Waals surface area contributed by atoms with Crippen molar-refractivity contribution in [2.45, 2.75) is 6.42 Å². The van der Waals surface area contributed by atoms with E-state index in [2.05, 4.69) is 134 Å². The summed E-state index contributed by atoms with van der Waals surface area (Å²) >= 11 is 0. The maximum atomic E-state index is 6.47. The van der Waals surface area contributed by atoms with Gasteiger partial charge < -0.3 is 8.83 Å². The van der Waals surface area contributed by atoms with Gasteiger partial charge in [-0.1, -0.05) is 109 Å². The first-order valence-corrected chi connectivity index (χ1v) is 17.6. The van der Waals surface area contributed by atoms with Crippen molar-refractivity contribution in [2.24, 2.45) is 5.92 Å². The van der Waals surface area contributed by atoms with Gasteiger partial charge >= 0.3 is 0 Å². The quantitative estimate of drug-likeness (QED) is 0.187. The van der Waals surface area contributed by atoms with Gasteiger partial charge in [0.05, 0.1) is 0 Å². The van der Waals surface area contributed by atoms with E-state index in [9.17, 15) is 0 Å². The molecule has 2 aliphatic carbocycles. The van der Waals surface area contributed by atoms with E-state index in [0.29, 0.717) is 23.4 Å². The molecule has 244 valence electrons. The Morgan fingerprint density at radius 2 is 1.23 bits per heavy atom. The third kappa shape index (κ3) is 4.67. The van der Waals surface area contributed by atoms with Crippen LogP contribution in [0.3, 0.4) is 0 Å². The molecule has 0 fully saturated rings. The maximum absolute atomic E-state index is 6.47. The molecule has 3 aromatic heterocycles. The molecule has 0 radical (unpaired) electrons. The number of benzene rings is 6. The molecule has 52 heavy (non-hydrogen) atoms. The van der Waals surface area contributed by atoms with Crippen molar-refractivity contribution in [3.05, 3.63) is 169 Å². The summed E-state index contributed by atoms with van der Waals surface area (Å²) in [7, 11) is 0. The smallest absolute Gasteiger partial charge is 0.164 e. The number of hydrogen-bond acceptors (Lipinski definition) is 5. The zero-order valence-electron chi connectivity index (χ0n) is 28.0. The normalized spacial score (nSPS) is 15.5. The summed E-state index contributed by atoms with van der Waals surface area (Å²) in [5, 5.41) is 6.51. The zero-order valence-corrected chi connectivity index (χ0v) is 28.0. The van der Waals surface area contributed by atoms with Crippen LogP contribution in [-0.4, -0.2) is 15.0 Å². The highest BCUT2D eigenvalue weighted by Gasteiger charge is 2.22. The number of fused-ring (bicyclic) bond motifs is 8. The lowest BCUT2D eigenvalue weighted by Gasteiger charge is -2.20. The largest absolute Gasteiger partial charge is 0.456 e. The maximum Gasteiger partial charge on any atom is 0.164 e. The van der Waals surface area contributed by atoms with Crippen molar-refractivity contribution in [3.63, 3.8) is 0 Å². The molecule has 0 bridgehead atoms. The van der Waals surface area contributed by atoms with Gasteiger partial charge in [0.25, 0.3) is 0 Å². The first-order chi connectivity index (χ1) is 25.7. The highest BCUT2D eigenvalue weighted by atomic mass is 16.3. The van der Waals surface area contributed by atoms with Crippen LogP contribution in [0, 0.1) is 5.92 Å². The highest BCUT2D eigenvalue weighted by Crippen LogP contribution is 2.40. The van der Waals surface area contributed by atoms with Crippen LogP contribution in [0.15, 0.2) is 172 Å². The lowest BCUT2D eigenvalue weighted by Crippen LogP contribution is -2.08. The molecule has 2 aliphatic rings. The Bertz CT molecular complexity index is 3060. The van der Waals surface area contributed by atoms with Crippen LogP contribution < -0.4 is 0 Å². The van der Waals surface area contributed by atoms with Crippen LogP contribution in [0.4, 0.5) is 0 Å². The van der Waals surface area contributed by atoms with Crippen molar-refractivity contribution in [1.82, 2.24) is 15.0 Å². The Kier molecular flexibility index (Phi) is 6.31. The molecule has 6 aromatic carbocycles. The van der Waals surface area contributed by atoms with Crippen molar-refractivity contribution in [1.29, 1.82) is 0 Å². The number of nitrogens with zero attached hydrogens (tertiary/aromatic N) is 3. The summed E-state index contributed by atoms with van der Waals surface area (Å²) in [6, 6.07) is 41.9. The highest BCUT2D eigenvalue weighted by molar-refractivity contribution is 6.13. The van der Waals surface area contributed by atoms with E-state index in [0.717, 1.165) is 83.5 Å². The Morgan fingerprint density at radius 3 is 2.15 bits per heavy atom. The molecule has 0 N–H and O–H groups in total. The molecule has 9 aromatic rings. The molecule has 5 heteroatoms. The summed E-state index contributed by atoms with van der Waals surface area (Å²) in [5.74, 6) is 2.28. The molecule has 0 saturated heterocycles. The molecule has 0 saturated carbocycles. The van der Waals surface area contributed by atoms with E-state index >= 15 is 0 Å². The molecule has 1 unspecified atom stereocenters. The molecule has 3 heterocycles. The Morgan fingerprint density at radius 1 is 0.519 bits per heavy atom. The summed E-state index contributed by atoms with van der Waals surface area (Å²) in [4.78, 5) is 15.5. The second-order valence-electron chi connectivity index (χ2n) is 13.6. The number of allylic oxidation sites excluding steroid dienone is 8. The van der Waals surface area contributed by atoms with Gasteiger partial charge in [-0.3, -0.25) is 0 Å². The van der Waals surface area contributed by atoms with Crippen LogP contribution in [0.25, 0.3) is 94.1 Å². The predicted octanol–water partition coefficient (Wildman–Crippen LogP) is 12.3. The van der Waals surface area contributed by atoms with Crippen molar-refractivity contribution in [2.75, 3.05) is 0 Å². The summed E-state index contributed by atoms with van der Waals surface area (Å²) in [5.41, 5.74) is 9.69. The number of para-hydroxylation sites is 1. The molecular formula is C47H29N3O2. The van der Waals surface area contributed by atoms with Crippen LogP contribution in [0.2, 0.25) is 0 Å². The topological polar surface area (TPSA) is 65.0 Å². The second kappa shape index (κ2) is 11.3. The summed E-state index contributed by atoms with van der Waals surface area (Å²) in [6.07, 6.45) is 14.0. The number of furan rings is 2. The first-order valence-electron chi connectivity index (χ1n) is 17.6. The van der Waals surface area contributed by atoms with Gasteiger partial charge in [0.1, 0.15) is 22.3 Å². The van der Waals surface area contributed by atoms with Crippen LogP contribution in [0.5, 0.6) is 0 Å². The lowest BCUT2D eigenvalue weighted by atomic mass is 9.85. The summed E-state index contributed by atoms with van der Waals surface area (Å²) in [6.45, 7) is 0. The predicted molar refractivity (Wildman–Crippen MR) is 211 cm³/mol. The Balaban J connectivity index is 1.10. The molecule has 1 atom stereocenters. The minimum absolute atomic E-state index is 0.378. The van der Waals surface area contributed by atoms with Gasteiger partial charge in [-0.2, -0.15) is 0 Å². The molecular weight excluding hydrogens is 639 g/mol. The van der Waals surface area contributed by atoms with Gasteiger partial charge in [-0.15, -0.1) is 0 Å². The average Bonchev–Trinajstić information content (AvgIpc) is 3.78. The van der Waals surface area contributed by atoms with Crippen LogP contribution in [0.1, 0.15) is 12.2 Å². The van der Waals surface area contributed by atoms with Crippen molar-refractivity contribution in [3.8, 4) is 33.9 Å². The number of aromatic nitrogens is 3. The molecule has 5 nitrogen and oxygen atoms in total. The zero-order chi connectivity index (χ0) is 34.2. The molecule has 0 spiro atoms. The third-order valence-corrected chi connectivity index (χ3v) is 10.4. The van der Waals surface area contributed by atoms with Gasteiger partial charge in [-0.25, -0.2) is 15.0 Å². The SMILES string of the molecule is C1=CC2=CC(c3nc(-c4ccc5ccccc5c4)nc(-c4cccc5oc6ccc(-c7ccc8oc9ccccc9c8c7)cc6c45)n3)=CCC2C=C1. The second-order valence-corrected chi connectivity index (χ2v) is 13.6. The average molecular weight is 668 g/mol. The Labute approximate surface area is 298 Å². The molecule has 0 aliphatic heterocycles. The van der Waals surface area contributed by atoms with Gasteiger partial charge in [0.2, 0.25) is 0 Å². The molecule has 11 rings (SSSR count). The van der Waals surface area contributed by atoms with Crippen LogP contribution >= 0.6 is 0 Å². The lowest BCUT2D eigenvalue weighted by molar-refractivity contribution is 0.668. The van der Waals surface area contributed by atoms with Crippen molar-refractivity contribution < 1.29 is 8.83 Å². The molecule has 0 amide bonds. The van der Waals surface area contributed by atoms with E-state index in [-0.39, 0.29) is 0 Å². The summed E-state index contributed by atoms with van der Waals surface area (Å²) < 4.78 is 12.6. The fourth-order valence-electron chi connectivity index (χ4n) is 7.80. The monoisotopic (exact) mass is 667 g/mol. The fraction of sp³-hybridized carbons (Fsp3) is 0.0426. The fourth-order valence-corrected chi connectivity index (χ4v) is 7.80. The van der Waals surface area contributed by atoms with E-state index in [4.69, 9.17) is 23.8 Å². The van der Waals surface area contributed by atoms with Crippen LogP contribution in [-0.2, 0) is 0 Å². The van der Waals surface area contributed by atoms with E-state index < -0.39 is 0 Å². The van der Waals surface area contributed by atoms with Gasteiger partial charge in [0, 0.05) is 44.2 Å². The van der Waals surface area contributed by atoms with Crippen molar-refractivity contribution >= 4 is 60.2 Å². The standard InChI is InChI=1S/C47H29N3O2/c1-3-10-30-24-34(18-16-28(30)8-1)45-48-46(35-19-17-29-9-2-4-11-31(29)25-35)50-47(49-45)37-13-7-15-43-44(37)39-27-33(21-23-42(39)52-43)32-20-22-41-38(26-32)36-12-5-6-14-40(36)51-41/h1-16,18-27,29H,17H2. The van der Waals surface area contributed by atoms with Gasteiger partial charge in [0.15, 0.2) is 17.5 Å². The number of hydrogen-bond donors (Lipinski definition) is 0. The minimum atomic E-state index is 0.378. The third-order valence-electron chi connectivity index (χ3n) is 10.4. The van der Waals surface area contributed by atoms with E-state index in [1.54, 1.807) is 0 Å². The minimum Gasteiger partial charge on any atom is -0.456 e. The van der Waals surface area contributed by atoms with E-state index in [1.165, 1.54) is 11.0 Å². The number of rotatable bonds is 4. The van der Waals surface area contributed by atoms with Gasteiger partial charge in [-0.05, 0) is 82.4 Å².